The van der Waals surface area contributed by atoms with Gasteiger partial charge in [-0.3, -0.25) is 4.98 Å². The molecular formula is C21H23LiN2O2-2. The molecule has 0 fully saturated rings. The number of aromatic hydroxyl groups is 1. The number of nitrogens with zero attached hydrogens (tertiary/aromatic N) is 2. The molecule has 0 saturated heterocycles. The normalized spacial score (nSPS) is 9.65. The van der Waals surface area contributed by atoms with Gasteiger partial charge in [0.15, 0.2) is 0 Å². The minimum absolute atomic E-state index is 0. The van der Waals surface area contributed by atoms with E-state index < -0.39 is 0 Å². The van der Waals surface area contributed by atoms with Gasteiger partial charge in [0.2, 0.25) is 0 Å². The fourth-order valence-electron chi connectivity index (χ4n) is 2.46. The molecule has 0 bridgehead atoms. The van der Waals surface area contributed by atoms with Crippen molar-refractivity contribution in [2.75, 3.05) is 25.1 Å². The number of methoxy groups -OCH3 is 1. The molecule has 3 rings (SSSR count). The molecule has 0 radical (unpaired) electrons. The first-order valence-corrected chi connectivity index (χ1v) is 7.97. The van der Waals surface area contributed by atoms with E-state index in [4.69, 9.17) is 4.74 Å². The number of fused-ring (bicyclic) bond motifs is 1. The van der Waals surface area contributed by atoms with Crippen molar-refractivity contribution in [3.63, 3.8) is 0 Å². The van der Waals surface area contributed by atoms with Crippen LogP contribution in [0.25, 0.3) is 10.9 Å². The molecular weight excluding hydrogens is 319 g/mol. The van der Waals surface area contributed by atoms with Crippen molar-refractivity contribution in [3.05, 3.63) is 81.1 Å². The number of para-hydroxylation sites is 2. The molecule has 0 amide bonds. The van der Waals surface area contributed by atoms with Crippen molar-refractivity contribution in [2.24, 2.45) is 0 Å². The quantitative estimate of drug-likeness (QED) is 0.573. The van der Waals surface area contributed by atoms with Gasteiger partial charge in [0, 0.05) is 6.20 Å². The number of anilines is 1. The zero-order valence-corrected chi connectivity index (χ0v) is 15.5. The number of benzene rings is 2. The summed E-state index contributed by atoms with van der Waals surface area (Å²) in [5, 5.41) is 10.3. The van der Waals surface area contributed by atoms with Crippen LogP contribution in [0.15, 0.2) is 54.7 Å². The molecule has 3 aromatic rings. The van der Waals surface area contributed by atoms with Crippen molar-refractivity contribution < 1.29 is 28.7 Å². The summed E-state index contributed by atoms with van der Waals surface area (Å²) in [5.74, 6) is 1.08. The molecule has 2 aromatic carbocycles. The van der Waals surface area contributed by atoms with E-state index in [9.17, 15) is 5.11 Å². The predicted molar refractivity (Wildman–Crippen MR) is 104 cm³/mol. The van der Waals surface area contributed by atoms with Crippen LogP contribution in [-0.2, 0) is 0 Å². The fraction of sp³-hybridized carbons (Fsp3) is 0.143. The Morgan fingerprint density at radius 3 is 2.35 bits per heavy atom. The Hall–Kier alpha value is -2.28. The largest absolute Gasteiger partial charge is 1.00 e. The molecule has 4 nitrogen and oxygen atoms in total. The van der Waals surface area contributed by atoms with Crippen LogP contribution in [0.1, 0.15) is 5.56 Å². The zero-order chi connectivity index (χ0) is 18.2. The summed E-state index contributed by atoms with van der Waals surface area (Å²) in [6.45, 7) is 12.9. The topological polar surface area (TPSA) is 45.6 Å². The van der Waals surface area contributed by atoms with Gasteiger partial charge in [-0.2, -0.15) is 18.6 Å². The molecule has 0 aliphatic rings. The Kier molecular flexibility index (Phi) is 8.91. The first kappa shape index (κ1) is 21.8. The van der Waals surface area contributed by atoms with Crippen LogP contribution in [0.5, 0.6) is 11.5 Å². The number of rotatable bonds is 4. The van der Waals surface area contributed by atoms with Crippen molar-refractivity contribution in [2.45, 2.75) is 0 Å². The summed E-state index contributed by atoms with van der Waals surface area (Å²) in [6, 6.07) is 15.0. The van der Waals surface area contributed by atoms with E-state index >= 15 is 0 Å². The molecule has 0 aliphatic heterocycles. The van der Waals surface area contributed by atoms with Crippen LogP contribution in [0.4, 0.5) is 5.69 Å². The first-order valence-electron chi connectivity index (χ1n) is 7.97. The molecule has 0 spiro atoms. The number of phenols is 1. The molecule has 0 atom stereocenters. The SMILES string of the molecule is [CH2-]CN(C[CH2-])c1ccccc1OC.[CH2-]c1ccc(O)c2ncccc12.[Li+]. The fourth-order valence-corrected chi connectivity index (χ4v) is 2.46. The van der Waals surface area contributed by atoms with Gasteiger partial charge < -0.3 is 28.6 Å². The number of phenolic OH excluding ortho intramolecular Hbond substituents is 1. The van der Waals surface area contributed by atoms with E-state index in [2.05, 4.69) is 30.7 Å². The van der Waals surface area contributed by atoms with Crippen LogP contribution in [-0.4, -0.2) is 30.3 Å². The van der Waals surface area contributed by atoms with Gasteiger partial charge >= 0.3 is 18.9 Å². The molecule has 1 aromatic heterocycles. The van der Waals surface area contributed by atoms with Gasteiger partial charge in [-0.1, -0.05) is 29.7 Å². The van der Waals surface area contributed by atoms with Gasteiger partial charge in [-0.05, 0) is 12.1 Å². The second-order valence-electron chi connectivity index (χ2n) is 5.30. The Bertz CT molecular complexity index is 779. The number of ether oxygens (including phenoxy) is 1. The van der Waals surface area contributed by atoms with E-state index in [-0.39, 0.29) is 24.6 Å². The van der Waals surface area contributed by atoms with E-state index in [1.807, 2.05) is 36.4 Å². The number of pyridine rings is 1. The molecule has 0 aliphatic carbocycles. The van der Waals surface area contributed by atoms with E-state index in [0.29, 0.717) is 18.6 Å². The van der Waals surface area contributed by atoms with Crippen LogP contribution in [0.2, 0.25) is 0 Å². The maximum Gasteiger partial charge on any atom is 1.00 e. The molecule has 0 saturated carbocycles. The number of hydrogen-bond acceptors (Lipinski definition) is 4. The average Bonchev–Trinajstić information content (AvgIpc) is 2.67. The molecule has 26 heavy (non-hydrogen) atoms. The smallest absolute Gasteiger partial charge is 0.508 e. The van der Waals surface area contributed by atoms with Crippen LogP contribution < -0.4 is 28.5 Å². The first-order chi connectivity index (χ1) is 12.1. The van der Waals surface area contributed by atoms with Gasteiger partial charge in [0.25, 0.3) is 0 Å². The maximum atomic E-state index is 9.41. The van der Waals surface area contributed by atoms with Crippen molar-refractivity contribution in [3.8, 4) is 11.5 Å². The van der Waals surface area contributed by atoms with Gasteiger partial charge in [-0.25, -0.2) is 0 Å². The summed E-state index contributed by atoms with van der Waals surface area (Å²) in [5.41, 5.74) is 2.55. The maximum absolute atomic E-state index is 9.41. The van der Waals surface area contributed by atoms with E-state index in [1.165, 1.54) is 0 Å². The van der Waals surface area contributed by atoms with Gasteiger partial charge in [-0.15, -0.1) is 19.2 Å². The van der Waals surface area contributed by atoms with Crippen molar-refractivity contribution in [1.29, 1.82) is 0 Å². The zero-order valence-electron chi connectivity index (χ0n) is 15.5. The third-order valence-corrected chi connectivity index (χ3v) is 3.80. The second-order valence-corrected chi connectivity index (χ2v) is 5.30. The summed E-state index contributed by atoms with van der Waals surface area (Å²) >= 11 is 0. The third-order valence-electron chi connectivity index (χ3n) is 3.80. The minimum atomic E-state index is 0. The Morgan fingerprint density at radius 2 is 1.73 bits per heavy atom. The molecule has 0 unspecified atom stereocenters. The summed E-state index contributed by atoms with van der Waals surface area (Å²) in [4.78, 5) is 6.11. The van der Waals surface area contributed by atoms with E-state index in [1.54, 1.807) is 25.4 Å². The molecule has 132 valence electrons. The Balaban J connectivity index is 0.000000251. The molecule has 5 heteroatoms. The Labute approximate surface area is 168 Å². The van der Waals surface area contributed by atoms with Crippen LogP contribution in [0, 0.1) is 20.8 Å². The van der Waals surface area contributed by atoms with Crippen molar-refractivity contribution >= 4 is 16.6 Å². The van der Waals surface area contributed by atoms with Crippen LogP contribution in [0.3, 0.4) is 0 Å². The second kappa shape index (κ2) is 10.7. The van der Waals surface area contributed by atoms with E-state index in [0.717, 1.165) is 22.4 Å². The molecule has 1 N–H and O–H groups in total. The predicted octanol–water partition coefficient (Wildman–Crippen LogP) is 1.30. The number of aromatic nitrogens is 1. The number of hydrogen-bond donors (Lipinski definition) is 1. The third kappa shape index (κ3) is 5.11. The average molecular weight is 342 g/mol. The van der Waals surface area contributed by atoms with Crippen molar-refractivity contribution in [1.82, 2.24) is 4.98 Å². The van der Waals surface area contributed by atoms with Crippen LogP contribution >= 0.6 is 0 Å². The van der Waals surface area contributed by atoms with Gasteiger partial charge in [0.05, 0.1) is 18.3 Å². The monoisotopic (exact) mass is 342 g/mol. The summed E-state index contributed by atoms with van der Waals surface area (Å²) in [7, 11) is 1.67. The molecule has 1 heterocycles. The standard InChI is InChI=1S/C11H15NO.C10H8NO.Li/c1-4-12(5-2)10-8-6-7-9-11(10)13-3;1-7-4-5-9(12)10-8(7)3-2-6-11-10;/h6-9H,1-2,4-5H2,3H3;2-6,12H,1H2;/q-2;-1;+1. The summed E-state index contributed by atoms with van der Waals surface area (Å²) in [6.07, 6.45) is 1.65. The summed E-state index contributed by atoms with van der Waals surface area (Å²) < 4.78 is 5.23. The Morgan fingerprint density at radius 1 is 1.04 bits per heavy atom. The van der Waals surface area contributed by atoms with Gasteiger partial charge in [0.1, 0.15) is 11.5 Å². The minimum Gasteiger partial charge on any atom is -0.508 e.